The van der Waals surface area contributed by atoms with Crippen molar-refractivity contribution in [1.29, 1.82) is 0 Å². The van der Waals surface area contributed by atoms with Crippen molar-refractivity contribution in [3.63, 3.8) is 0 Å². The molecule has 0 fully saturated rings. The Balaban J connectivity index is 4.12. The van der Waals surface area contributed by atoms with E-state index in [1.165, 1.54) is 0 Å². The molecule has 1 N–H and O–H groups in total. The quantitative estimate of drug-likeness (QED) is 0.635. The third-order valence-electron chi connectivity index (χ3n) is 1.77. The van der Waals surface area contributed by atoms with E-state index in [0.717, 1.165) is 12.0 Å². The molecule has 11 heavy (non-hydrogen) atoms. The SMILES string of the molecule is C=C(CC)CC(C)(C)C(=O)O. The second kappa shape index (κ2) is 3.56. The van der Waals surface area contributed by atoms with Gasteiger partial charge in [0, 0.05) is 0 Å². The Bertz CT molecular complexity index is 168. The highest BCUT2D eigenvalue weighted by Gasteiger charge is 2.26. The second-order valence-corrected chi connectivity index (χ2v) is 3.47. The Morgan fingerprint density at radius 1 is 1.55 bits per heavy atom. The molecule has 2 nitrogen and oxygen atoms in total. The lowest BCUT2D eigenvalue weighted by atomic mass is 9.85. The molecular weight excluding hydrogens is 140 g/mol. The van der Waals surface area contributed by atoms with E-state index in [1.807, 2.05) is 6.92 Å². The molecular formula is C9H16O2. The molecule has 0 radical (unpaired) electrons. The fraction of sp³-hybridized carbons (Fsp3) is 0.667. The van der Waals surface area contributed by atoms with Gasteiger partial charge < -0.3 is 5.11 Å². The van der Waals surface area contributed by atoms with Crippen molar-refractivity contribution in [1.82, 2.24) is 0 Å². The van der Waals surface area contributed by atoms with Gasteiger partial charge in [-0.3, -0.25) is 4.79 Å². The number of carbonyl (C=O) groups is 1. The number of aliphatic carboxylic acids is 1. The largest absolute Gasteiger partial charge is 0.481 e. The molecule has 0 amide bonds. The average molecular weight is 156 g/mol. The van der Waals surface area contributed by atoms with Gasteiger partial charge in [0.15, 0.2) is 0 Å². The molecule has 0 aromatic carbocycles. The van der Waals surface area contributed by atoms with E-state index in [-0.39, 0.29) is 0 Å². The van der Waals surface area contributed by atoms with Gasteiger partial charge in [-0.25, -0.2) is 0 Å². The van der Waals surface area contributed by atoms with E-state index in [4.69, 9.17) is 5.11 Å². The van der Waals surface area contributed by atoms with Crippen LogP contribution in [0, 0.1) is 5.41 Å². The summed E-state index contributed by atoms with van der Waals surface area (Å²) in [7, 11) is 0. The van der Waals surface area contributed by atoms with Crippen molar-refractivity contribution < 1.29 is 9.90 Å². The molecule has 0 rings (SSSR count). The average Bonchev–Trinajstić information content (AvgIpc) is 1.86. The number of allylic oxidation sites excluding steroid dienone is 1. The summed E-state index contributed by atoms with van der Waals surface area (Å²) >= 11 is 0. The molecule has 0 atom stereocenters. The number of hydrogen-bond donors (Lipinski definition) is 1. The van der Waals surface area contributed by atoms with Crippen molar-refractivity contribution in [3.8, 4) is 0 Å². The highest BCUT2D eigenvalue weighted by molar-refractivity contribution is 5.73. The van der Waals surface area contributed by atoms with Crippen LogP contribution in [0.5, 0.6) is 0 Å². The molecule has 0 saturated heterocycles. The minimum atomic E-state index is -0.757. The van der Waals surface area contributed by atoms with Crippen LogP contribution in [0.4, 0.5) is 0 Å². The van der Waals surface area contributed by atoms with Crippen molar-refractivity contribution in [3.05, 3.63) is 12.2 Å². The van der Waals surface area contributed by atoms with Crippen LogP contribution in [-0.2, 0) is 4.79 Å². The summed E-state index contributed by atoms with van der Waals surface area (Å²) in [5.41, 5.74) is 0.338. The van der Waals surface area contributed by atoms with Crippen LogP contribution >= 0.6 is 0 Å². The van der Waals surface area contributed by atoms with Gasteiger partial charge in [-0.1, -0.05) is 19.1 Å². The summed E-state index contributed by atoms with van der Waals surface area (Å²) in [4.78, 5) is 10.6. The Labute approximate surface area is 67.9 Å². The molecule has 64 valence electrons. The summed E-state index contributed by atoms with van der Waals surface area (Å²) in [6.07, 6.45) is 1.43. The maximum Gasteiger partial charge on any atom is 0.309 e. The Morgan fingerprint density at radius 2 is 2.00 bits per heavy atom. The van der Waals surface area contributed by atoms with Crippen LogP contribution in [0.1, 0.15) is 33.6 Å². The number of rotatable bonds is 4. The molecule has 0 saturated carbocycles. The van der Waals surface area contributed by atoms with Crippen molar-refractivity contribution >= 4 is 5.97 Å². The maximum atomic E-state index is 10.6. The van der Waals surface area contributed by atoms with Crippen molar-refractivity contribution in [2.24, 2.45) is 5.41 Å². The first-order chi connectivity index (χ1) is 4.90. The molecule has 0 aromatic heterocycles. The van der Waals surface area contributed by atoms with Gasteiger partial charge in [0.25, 0.3) is 0 Å². The number of carboxylic acids is 1. The molecule has 0 unspecified atom stereocenters. The molecule has 0 aliphatic heterocycles. The third kappa shape index (κ3) is 3.21. The van der Waals surface area contributed by atoms with Gasteiger partial charge in [0.05, 0.1) is 5.41 Å². The van der Waals surface area contributed by atoms with Crippen molar-refractivity contribution in [2.75, 3.05) is 0 Å². The van der Waals surface area contributed by atoms with E-state index >= 15 is 0 Å². The number of carboxylic acid groups (broad SMARTS) is 1. The lowest BCUT2D eigenvalue weighted by Crippen LogP contribution is -2.23. The minimum Gasteiger partial charge on any atom is -0.481 e. The van der Waals surface area contributed by atoms with Gasteiger partial charge in [0.1, 0.15) is 0 Å². The normalized spacial score (nSPS) is 11.2. The van der Waals surface area contributed by atoms with E-state index in [2.05, 4.69) is 6.58 Å². The Morgan fingerprint density at radius 3 is 2.27 bits per heavy atom. The first kappa shape index (κ1) is 10.2. The summed E-state index contributed by atoms with van der Waals surface area (Å²) in [5, 5.41) is 8.74. The Kier molecular flexibility index (Phi) is 3.30. The van der Waals surface area contributed by atoms with Gasteiger partial charge in [-0.05, 0) is 26.7 Å². The number of hydrogen-bond acceptors (Lipinski definition) is 1. The molecule has 0 spiro atoms. The van der Waals surface area contributed by atoms with E-state index in [1.54, 1.807) is 13.8 Å². The van der Waals surface area contributed by atoms with E-state index < -0.39 is 11.4 Å². The lowest BCUT2D eigenvalue weighted by molar-refractivity contribution is -0.146. The fourth-order valence-corrected chi connectivity index (χ4v) is 0.826. The minimum absolute atomic E-state index is 0.568. The zero-order chi connectivity index (χ0) is 9.07. The molecule has 0 heterocycles. The van der Waals surface area contributed by atoms with Crippen molar-refractivity contribution in [2.45, 2.75) is 33.6 Å². The topological polar surface area (TPSA) is 37.3 Å². The summed E-state index contributed by atoms with van der Waals surface area (Å²) in [5.74, 6) is -0.757. The van der Waals surface area contributed by atoms with Gasteiger partial charge in [-0.2, -0.15) is 0 Å². The summed E-state index contributed by atoms with van der Waals surface area (Å²) in [6, 6.07) is 0. The highest BCUT2D eigenvalue weighted by Crippen LogP contribution is 2.25. The van der Waals surface area contributed by atoms with E-state index in [9.17, 15) is 4.79 Å². The molecule has 0 bridgehead atoms. The summed E-state index contributed by atoms with van der Waals surface area (Å²) < 4.78 is 0. The fourth-order valence-electron chi connectivity index (χ4n) is 0.826. The van der Waals surface area contributed by atoms with Crippen LogP contribution in [0.3, 0.4) is 0 Å². The molecule has 0 aliphatic carbocycles. The van der Waals surface area contributed by atoms with Gasteiger partial charge in [-0.15, -0.1) is 0 Å². The lowest BCUT2D eigenvalue weighted by Gasteiger charge is -2.19. The molecule has 2 heteroatoms. The maximum absolute atomic E-state index is 10.6. The predicted octanol–water partition coefficient (Wildman–Crippen LogP) is 2.45. The summed E-state index contributed by atoms with van der Waals surface area (Å²) in [6.45, 7) is 9.20. The van der Waals surface area contributed by atoms with Crippen LogP contribution in [-0.4, -0.2) is 11.1 Å². The van der Waals surface area contributed by atoms with Gasteiger partial charge in [0.2, 0.25) is 0 Å². The molecule has 0 aliphatic rings. The molecule has 0 aromatic rings. The standard InChI is InChI=1S/C9H16O2/c1-5-7(2)6-9(3,4)8(10)11/h2,5-6H2,1,3-4H3,(H,10,11). The third-order valence-corrected chi connectivity index (χ3v) is 1.77. The van der Waals surface area contributed by atoms with Crippen LogP contribution < -0.4 is 0 Å². The first-order valence-corrected chi connectivity index (χ1v) is 3.80. The van der Waals surface area contributed by atoms with E-state index in [0.29, 0.717) is 6.42 Å². The first-order valence-electron chi connectivity index (χ1n) is 3.80. The van der Waals surface area contributed by atoms with Gasteiger partial charge >= 0.3 is 5.97 Å². The predicted molar refractivity (Wildman–Crippen MR) is 45.5 cm³/mol. The monoisotopic (exact) mass is 156 g/mol. The zero-order valence-corrected chi connectivity index (χ0v) is 7.48. The van der Waals surface area contributed by atoms with Crippen LogP contribution in [0.2, 0.25) is 0 Å². The smallest absolute Gasteiger partial charge is 0.309 e. The zero-order valence-electron chi connectivity index (χ0n) is 7.48. The Hall–Kier alpha value is -0.790. The highest BCUT2D eigenvalue weighted by atomic mass is 16.4. The second-order valence-electron chi connectivity index (χ2n) is 3.47. The van der Waals surface area contributed by atoms with Crippen LogP contribution in [0.15, 0.2) is 12.2 Å². The van der Waals surface area contributed by atoms with Crippen LogP contribution in [0.25, 0.3) is 0 Å².